The zero-order valence-electron chi connectivity index (χ0n) is 17.5. The van der Waals surface area contributed by atoms with Crippen molar-refractivity contribution in [3.63, 3.8) is 0 Å². The fourth-order valence-electron chi connectivity index (χ4n) is 3.60. The summed E-state index contributed by atoms with van der Waals surface area (Å²) >= 11 is 0. The largest absolute Gasteiger partial charge is 0.481 e. The summed E-state index contributed by atoms with van der Waals surface area (Å²) in [7, 11) is 0. The van der Waals surface area contributed by atoms with Gasteiger partial charge in [0.15, 0.2) is 0 Å². The molecule has 3 amide bonds. The van der Waals surface area contributed by atoms with Crippen molar-refractivity contribution in [1.82, 2.24) is 15.2 Å². The van der Waals surface area contributed by atoms with Crippen LogP contribution in [0.4, 0.5) is 10.5 Å². The van der Waals surface area contributed by atoms with Gasteiger partial charge in [0.25, 0.3) is 0 Å². The van der Waals surface area contributed by atoms with E-state index in [9.17, 15) is 19.5 Å². The van der Waals surface area contributed by atoms with Gasteiger partial charge in [-0.25, -0.2) is 4.79 Å². The Hall–Kier alpha value is -3.95. The Bertz CT molecular complexity index is 980. The van der Waals surface area contributed by atoms with Crippen LogP contribution in [0.15, 0.2) is 48.8 Å². The van der Waals surface area contributed by atoms with Crippen molar-refractivity contribution in [1.29, 1.82) is 5.41 Å². The molecule has 1 aromatic heterocycles. The predicted octanol–water partition coefficient (Wildman–Crippen LogP) is 1.94. The normalized spacial score (nSPS) is 16.6. The van der Waals surface area contributed by atoms with Crippen LogP contribution in [0.25, 0.3) is 0 Å². The molecule has 0 aliphatic carbocycles. The molecule has 2 aromatic rings. The number of amides is 3. The summed E-state index contributed by atoms with van der Waals surface area (Å²) < 4.78 is 0. The van der Waals surface area contributed by atoms with Crippen LogP contribution in [-0.2, 0) is 9.59 Å². The molecule has 3 rings (SSSR count). The minimum absolute atomic E-state index is 0.0516. The summed E-state index contributed by atoms with van der Waals surface area (Å²) in [6.45, 7) is 0.714. The smallest absolute Gasteiger partial charge is 0.317 e. The van der Waals surface area contributed by atoms with E-state index in [1.165, 1.54) is 11.1 Å². The van der Waals surface area contributed by atoms with E-state index in [2.05, 4.69) is 15.6 Å². The number of hydrogen-bond donors (Lipinski definition) is 5. The minimum atomic E-state index is -1.04. The number of amidine groups is 1. The number of hydrogen-bond acceptors (Lipinski definition) is 5. The average molecular weight is 438 g/mol. The molecule has 0 saturated carbocycles. The highest BCUT2D eigenvalue weighted by Crippen LogP contribution is 2.21. The van der Waals surface area contributed by atoms with Crippen molar-refractivity contribution < 1.29 is 19.5 Å². The monoisotopic (exact) mass is 438 g/mol. The van der Waals surface area contributed by atoms with Gasteiger partial charge in [0, 0.05) is 36.7 Å². The number of aromatic nitrogens is 1. The van der Waals surface area contributed by atoms with Crippen molar-refractivity contribution in [2.24, 2.45) is 11.7 Å². The Morgan fingerprint density at radius 1 is 1.25 bits per heavy atom. The maximum atomic E-state index is 12.8. The molecular formula is C22H26N6O4. The molecule has 1 aromatic carbocycles. The zero-order valence-corrected chi connectivity index (χ0v) is 17.5. The van der Waals surface area contributed by atoms with Gasteiger partial charge < -0.3 is 26.4 Å². The number of nitrogens with zero attached hydrogens (tertiary/aromatic N) is 2. The number of urea groups is 1. The Kier molecular flexibility index (Phi) is 7.37. The molecule has 1 saturated heterocycles. The third-order valence-electron chi connectivity index (χ3n) is 5.31. The van der Waals surface area contributed by atoms with Gasteiger partial charge in [0.1, 0.15) is 5.84 Å². The lowest BCUT2D eigenvalue weighted by molar-refractivity contribution is -0.137. The van der Waals surface area contributed by atoms with Crippen LogP contribution in [0.5, 0.6) is 0 Å². The topological polar surface area (TPSA) is 162 Å². The van der Waals surface area contributed by atoms with Gasteiger partial charge in [0.05, 0.1) is 18.4 Å². The lowest BCUT2D eigenvalue weighted by atomic mass is 9.97. The van der Waals surface area contributed by atoms with Crippen LogP contribution in [0.3, 0.4) is 0 Å². The molecule has 1 aliphatic rings. The molecule has 2 unspecified atom stereocenters. The number of carboxylic acids is 1. The Balaban J connectivity index is 1.61. The highest BCUT2D eigenvalue weighted by molar-refractivity contribution is 5.96. The van der Waals surface area contributed by atoms with Crippen molar-refractivity contribution >= 4 is 29.4 Å². The van der Waals surface area contributed by atoms with Gasteiger partial charge >= 0.3 is 12.0 Å². The number of pyridine rings is 1. The number of carbonyl (C=O) groups excluding carboxylic acids is 2. The molecule has 2 atom stereocenters. The molecule has 0 bridgehead atoms. The van der Waals surface area contributed by atoms with Gasteiger partial charge in [-0.15, -0.1) is 0 Å². The van der Waals surface area contributed by atoms with Gasteiger partial charge in [0.2, 0.25) is 5.91 Å². The Morgan fingerprint density at radius 3 is 2.62 bits per heavy atom. The number of anilines is 1. The molecule has 10 nitrogen and oxygen atoms in total. The SMILES string of the molecule is N=C(N)c1ccc(NC(=O)C2CCCN(C(=O)NC(CC(=O)O)c3cccnc3)C2)cc1. The number of benzene rings is 1. The number of carbonyl (C=O) groups is 3. The third-order valence-corrected chi connectivity index (χ3v) is 5.31. The number of nitrogens with one attached hydrogen (secondary N) is 3. The second-order valence-electron chi connectivity index (χ2n) is 7.65. The minimum Gasteiger partial charge on any atom is -0.481 e. The molecule has 2 heterocycles. The molecular weight excluding hydrogens is 412 g/mol. The number of aliphatic carboxylic acids is 1. The summed E-state index contributed by atoms with van der Waals surface area (Å²) in [4.78, 5) is 42.3. The van der Waals surface area contributed by atoms with Crippen LogP contribution in [0, 0.1) is 11.3 Å². The highest BCUT2D eigenvalue weighted by atomic mass is 16.4. The number of piperidine rings is 1. The lowest BCUT2D eigenvalue weighted by Gasteiger charge is -2.33. The highest BCUT2D eigenvalue weighted by Gasteiger charge is 2.30. The van der Waals surface area contributed by atoms with Gasteiger partial charge in [-0.1, -0.05) is 6.07 Å². The maximum absolute atomic E-state index is 12.8. The molecule has 6 N–H and O–H groups in total. The Labute approximate surface area is 185 Å². The first-order valence-electron chi connectivity index (χ1n) is 10.3. The number of nitrogens with two attached hydrogens (primary N) is 1. The standard InChI is InChI=1S/C22H26N6O4/c23-20(24)14-5-7-17(8-6-14)26-21(31)16-4-2-10-28(13-16)22(32)27-18(11-19(29)30)15-3-1-9-25-12-15/h1,3,5-9,12,16,18H,2,4,10-11,13H2,(H3,23,24)(H,26,31)(H,27,32)(H,29,30). The summed E-state index contributed by atoms with van der Waals surface area (Å²) in [5, 5.41) is 22.2. The Morgan fingerprint density at radius 2 is 2.00 bits per heavy atom. The fourth-order valence-corrected chi connectivity index (χ4v) is 3.60. The van der Waals surface area contributed by atoms with Gasteiger partial charge in [-0.2, -0.15) is 0 Å². The lowest BCUT2D eigenvalue weighted by Crippen LogP contribution is -2.48. The number of nitrogen functional groups attached to an aromatic ring is 1. The maximum Gasteiger partial charge on any atom is 0.317 e. The van der Waals surface area contributed by atoms with Crippen molar-refractivity contribution in [3.05, 3.63) is 59.9 Å². The van der Waals surface area contributed by atoms with Crippen LogP contribution in [0.2, 0.25) is 0 Å². The van der Waals surface area contributed by atoms with E-state index in [4.69, 9.17) is 11.1 Å². The summed E-state index contributed by atoms with van der Waals surface area (Å²) in [5.74, 6) is -1.68. The summed E-state index contributed by atoms with van der Waals surface area (Å²) in [6.07, 6.45) is 4.13. The van der Waals surface area contributed by atoms with Crippen LogP contribution in [-0.4, -0.2) is 51.8 Å². The van der Waals surface area contributed by atoms with Crippen molar-refractivity contribution in [3.8, 4) is 0 Å². The van der Waals surface area contributed by atoms with Crippen LogP contribution >= 0.6 is 0 Å². The fraction of sp³-hybridized carbons (Fsp3) is 0.318. The van der Waals surface area contributed by atoms with Gasteiger partial charge in [-0.05, 0) is 48.7 Å². The molecule has 0 spiro atoms. The van der Waals surface area contributed by atoms with Crippen molar-refractivity contribution in [2.75, 3.05) is 18.4 Å². The first-order chi connectivity index (χ1) is 15.3. The molecule has 0 radical (unpaired) electrons. The molecule has 1 aliphatic heterocycles. The van der Waals surface area contributed by atoms with E-state index >= 15 is 0 Å². The predicted molar refractivity (Wildman–Crippen MR) is 118 cm³/mol. The first-order valence-corrected chi connectivity index (χ1v) is 10.3. The quantitative estimate of drug-likeness (QED) is 0.328. The second kappa shape index (κ2) is 10.4. The second-order valence-corrected chi connectivity index (χ2v) is 7.65. The number of likely N-dealkylation sites (tertiary alicyclic amines) is 1. The number of carboxylic acid groups (broad SMARTS) is 1. The number of rotatable bonds is 7. The van der Waals surface area contributed by atoms with Gasteiger partial charge in [-0.3, -0.25) is 20.0 Å². The van der Waals surface area contributed by atoms with E-state index < -0.39 is 24.0 Å². The molecule has 168 valence electrons. The van der Waals surface area contributed by atoms with Crippen LogP contribution in [0.1, 0.15) is 36.4 Å². The summed E-state index contributed by atoms with van der Waals surface area (Å²) in [5.41, 5.74) is 7.19. The third kappa shape index (κ3) is 6.03. The van der Waals surface area contributed by atoms with E-state index in [1.807, 2.05) is 0 Å². The molecule has 10 heteroatoms. The summed E-state index contributed by atoms with van der Waals surface area (Å²) in [6, 6.07) is 8.91. The van der Waals surface area contributed by atoms with E-state index in [-0.39, 0.29) is 24.7 Å². The van der Waals surface area contributed by atoms with E-state index in [1.54, 1.807) is 42.6 Å². The van der Waals surface area contributed by atoms with Crippen molar-refractivity contribution in [2.45, 2.75) is 25.3 Å². The van der Waals surface area contributed by atoms with E-state index in [0.29, 0.717) is 36.2 Å². The molecule has 1 fully saturated rings. The first kappa shape index (κ1) is 22.7. The van der Waals surface area contributed by atoms with E-state index in [0.717, 1.165) is 0 Å². The molecule has 32 heavy (non-hydrogen) atoms. The average Bonchev–Trinajstić information content (AvgIpc) is 2.79. The van der Waals surface area contributed by atoms with Crippen LogP contribution < -0.4 is 16.4 Å². The zero-order chi connectivity index (χ0) is 23.1.